The summed E-state index contributed by atoms with van der Waals surface area (Å²) in [5, 5.41) is 0. The Labute approximate surface area is 63.2 Å². The predicted octanol–water partition coefficient (Wildman–Crippen LogP) is 0.730. The van der Waals surface area contributed by atoms with Crippen molar-refractivity contribution in [1.29, 1.82) is 0 Å². The third-order valence-corrected chi connectivity index (χ3v) is 1.95. The van der Waals surface area contributed by atoms with Gasteiger partial charge in [-0.2, -0.15) is 0 Å². The average molecular weight is 175 g/mol. The molecule has 0 amide bonds. The van der Waals surface area contributed by atoms with Gasteiger partial charge in [-0.1, -0.05) is 0 Å². The van der Waals surface area contributed by atoms with Crippen LogP contribution >= 0.6 is 0 Å². The zero-order chi connectivity index (χ0) is 8.48. The summed E-state index contributed by atoms with van der Waals surface area (Å²) in [4.78, 5) is -0.418. The fourth-order valence-corrected chi connectivity index (χ4v) is 1.07. The van der Waals surface area contributed by atoms with Gasteiger partial charge in [0.05, 0.1) is 4.90 Å². The molecule has 3 nitrogen and oxygen atoms in total. The van der Waals surface area contributed by atoms with E-state index in [0.717, 1.165) is 24.3 Å². The molecule has 5 heteroatoms. The molecule has 0 fully saturated rings. The van der Waals surface area contributed by atoms with Crippen LogP contribution in [-0.2, 0) is 10.1 Å². The summed E-state index contributed by atoms with van der Waals surface area (Å²) in [6, 6.07) is 3.70. The van der Waals surface area contributed by atoms with Gasteiger partial charge in [0, 0.05) is 0 Å². The van der Waals surface area contributed by atoms with Gasteiger partial charge in [0.15, 0.2) is 0 Å². The minimum absolute atomic E-state index is 0.418. The monoisotopic (exact) mass is 175 g/mol. The second-order valence-electron chi connectivity index (χ2n) is 1.91. The molecule has 0 spiro atoms. The van der Waals surface area contributed by atoms with E-state index in [9.17, 15) is 17.4 Å². The molecule has 0 aliphatic rings. The molecule has 0 heterocycles. The third-order valence-electron chi connectivity index (χ3n) is 1.10. The highest BCUT2D eigenvalue weighted by Crippen LogP contribution is 2.07. The van der Waals surface area contributed by atoms with Crippen LogP contribution in [0.15, 0.2) is 29.2 Å². The topological polar surface area (TPSA) is 57.2 Å². The van der Waals surface area contributed by atoms with E-state index >= 15 is 0 Å². The predicted molar refractivity (Wildman–Crippen MR) is 34.4 cm³/mol. The lowest BCUT2D eigenvalue weighted by Crippen LogP contribution is -1.97. The Hall–Kier alpha value is -0.940. The van der Waals surface area contributed by atoms with Crippen molar-refractivity contribution >= 4 is 10.1 Å². The molecule has 0 unspecified atom stereocenters. The van der Waals surface area contributed by atoms with Gasteiger partial charge in [0.2, 0.25) is 0 Å². The van der Waals surface area contributed by atoms with Crippen molar-refractivity contribution in [1.82, 2.24) is 0 Å². The maximum Gasteiger partial charge on any atom is 0.124 e. The second kappa shape index (κ2) is 2.60. The standard InChI is InChI=1S/C6H5FO3S/c7-5-1-3-6(4-2-5)11(8,9)10/h1-4H,(H,8,9,10)/p-1. The van der Waals surface area contributed by atoms with Gasteiger partial charge in [-0.05, 0) is 24.3 Å². The quantitative estimate of drug-likeness (QED) is 0.591. The SMILES string of the molecule is O=S(=O)([O-])c1ccc(F)cc1. The van der Waals surface area contributed by atoms with Crippen LogP contribution in [0.2, 0.25) is 0 Å². The lowest BCUT2D eigenvalue weighted by molar-refractivity contribution is 0.463. The van der Waals surface area contributed by atoms with Gasteiger partial charge in [-0.15, -0.1) is 0 Å². The first-order chi connectivity index (χ1) is 5.00. The molecule has 1 rings (SSSR count). The lowest BCUT2D eigenvalue weighted by Gasteiger charge is -2.04. The van der Waals surface area contributed by atoms with E-state index in [0.29, 0.717) is 0 Å². The van der Waals surface area contributed by atoms with Crippen molar-refractivity contribution in [3.8, 4) is 0 Å². The van der Waals surface area contributed by atoms with E-state index in [2.05, 4.69) is 0 Å². The smallest absolute Gasteiger partial charge is 0.124 e. The Morgan fingerprint density at radius 3 is 2.00 bits per heavy atom. The summed E-state index contributed by atoms with van der Waals surface area (Å²) < 4.78 is 43.0. The van der Waals surface area contributed by atoms with Crippen LogP contribution in [0.4, 0.5) is 4.39 Å². The van der Waals surface area contributed by atoms with Gasteiger partial charge >= 0.3 is 0 Å². The Morgan fingerprint density at radius 2 is 1.64 bits per heavy atom. The third kappa shape index (κ3) is 1.99. The summed E-state index contributed by atoms with van der Waals surface area (Å²) in [7, 11) is -4.44. The van der Waals surface area contributed by atoms with Crippen molar-refractivity contribution in [2.75, 3.05) is 0 Å². The van der Waals surface area contributed by atoms with E-state index < -0.39 is 20.8 Å². The second-order valence-corrected chi connectivity index (χ2v) is 3.29. The summed E-state index contributed by atoms with van der Waals surface area (Å²) in [5.41, 5.74) is 0. The zero-order valence-electron chi connectivity index (χ0n) is 5.32. The van der Waals surface area contributed by atoms with E-state index in [-0.39, 0.29) is 0 Å². The first-order valence-corrected chi connectivity index (χ1v) is 4.12. The average Bonchev–Trinajstić information content (AvgIpc) is 1.86. The molecule has 0 atom stereocenters. The van der Waals surface area contributed by atoms with Gasteiger partial charge in [-0.3, -0.25) is 0 Å². The van der Waals surface area contributed by atoms with E-state index in [4.69, 9.17) is 0 Å². The Kier molecular flexibility index (Phi) is 1.92. The van der Waals surface area contributed by atoms with Crippen LogP contribution < -0.4 is 0 Å². The van der Waals surface area contributed by atoms with Crippen LogP contribution in [0, 0.1) is 5.82 Å². The molecule has 1 aromatic rings. The molecule has 0 N–H and O–H groups in total. The normalized spacial score (nSPS) is 11.5. The summed E-state index contributed by atoms with van der Waals surface area (Å²) in [5.74, 6) is -0.572. The van der Waals surface area contributed by atoms with Crippen LogP contribution in [0.1, 0.15) is 0 Å². The molecule has 11 heavy (non-hydrogen) atoms. The van der Waals surface area contributed by atoms with Crippen molar-refractivity contribution in [2.45, 2.75) is 4.90 Å². The molecule has 60 valence electrons. The summed E-state index contributed by atoms with van der Waals surface area (Å²) in [6.07, 6.45) is 0. The van der Waals surface area contributed by atoms with E-state index in [1.807, 2.05) is 0 Å². The van der Waals surface area contributed by atoms with Crippen LogP contribution in [0.25, 0.3) is 0 Å². The van der Waals surface area contributed by atoms with Crippen LogP contribution in [0.3, 0.4) is 0 Å². The van der Waals surface area contributed by atoms with Gasteiger partial charge in [0.1, 0.15) is 15.9 Å². The van der Waals surface area contributed by atoms with Crippen molar-refractivity contribution < 1.29 is 17.4 Å². The summed E-state index contributed by atoms with van der Waals surface area (Å²) >= 11 is 0. The Balaban J connectivity index is 3.20. The zero-order valence-corrected chi connectivity index (χ0v) is 6.14. The fourth-order valence-electron chi connectivity index (χ4n) is 0.601. The molecule has 0 aromatic heterocycles. The molecule has 1 aromatic carbocycles. The first-order valence-electron chi connectivity index (χ1n) is 2.71. The van der Waals surface area contributed by atoms with Crippen molar-refractivity contribution in [2.24, 2.45) is 0 Å². The molecule has 0 saturated heterocycles. The molecular formula is C6H4FO3S-. The van der Waals surface area contributed by atoms with E-state index in [1.165, 1.54) is 0 Å². The lowest BCUT2D eigenvalue weighted by atomic mass is 10.4. The number of rotatable bonds is 1. The van der Waals surface area contributed by atoms with E-state index in [1.54, 1.807) is 0 Å². The largest absolute Gasteiger partial charge is 0.744 e. The van der Waals surface area contributed by atoms with Gasteiger partial charge in [0.25, 0.3) is 0 Å². The highest BCUT2D eigenvalue weighted by molar-refractivity contribution is 7.85. The first kappa shape index (κ1) is 8.16. The summed E-state index contributed by atoms with van der Waals surface area (Å²) in [6.45, 7) is 0. The minimum Gasteiger partial charge on any atom is -0.744 e. The number of halogens is 1. The maximum atomic E-state index is 12.2. The van der Waals surface area contributed by atoms with Gasteiger partial charge < -0.3 is 4.55 Å². The molecular weight excluding hydrogens is 171 g/mol. The van der Waals surface area contributed by atoms with Crippen molar-refractivity contribution in [3.63, 3.8) is 0 Å². The van der Waals surface area contributed by atoms with Crippen molar-refractivity contribution in [3.05, 3.63) is 30.1 Å². The molecule has 0 aliphatic heterocycles. The number of hydrogen-bond donors (Lipinski definition) is 0. The highest BCUT2D eigenvalue weighted by Gasteiger charge is 1.99. The van der Waals surface area contributed by atoms with Gasteiger partial charge in [-0.25, -0.2) is 12.8 Å². The Bertz CT molecular complexity index is 341. The Morgan fingerprint density at radius 1 is 1.18 bits per heavy atom. The molecule has 0 aliphatic carbocycles. The molecule has 0 radical (unpaired) electrons. The van der Waals surface area contributed by atoms with Crippen LogP contribution in [-0.4, -0.2) is 13.0 Å². The van der Waals surface area contributed by atoms with Crippen LogP contribution in [0.5, 0.6) is 0 Å². The molecule has 0 bridgehead atoms. The highest BCUT2D eigenvalue weighted by atomic mass is 32.2. The molecule has 0 saturated carbocycles. The maximum absolute atomic E-state index is 12.2. The minimum atomic E-state index is -4.44. The number of hydrogen-bond acceptors (Lipinski definition) is 3. The number of benzene rings is 1. The fraction of sp³-hybridized carbons (Fsp3) is 0.